The van der Waals surface area contributed by atoms with E-state index in [1.165, 1.54) is 0 Å². The zero-order valence-corrected chi connectivity index (χ0v) is 18.9. The smallest absolute Gasteiger partial charge is 0.307 e. The van der Waals surface area contributed by atoms with Gasteiger partial charge in [0.25, 0.3) is 0 Å². The van der Waals surface area contributed by atoms with Crippen LogP contribution in [0.25, 0.3) is 0 Å². The number of aliphatic carboxylic acids is 1. The highest BCUT2D eigenvalue weighted by atomic mass is 16.4. The largest absolute Gasteiger partial charge is 0.508 e. The molecule has 1 aliphatic carbocycles. The van der Waals surface area contributed by atoms with Gasteiger partial charge in [-0.25, -0.2) is 0 Å². The van der Waals surface area contributed by atoms with Crippen molar-refractivity contribution in [2.45, 2.75) is 77.0 Å². The lowest BCUT2D eigenvalue weighted by Crippen LogP contribution is -2.37. The van der Waals surface area contributed by atoms with Gasteiger partial charge in [0.05, 0.1) is 5.92 Å². The summed E-state index contributed by atoms with van der Waals surface area (Å²) in [5, 5.41) is 31.1. The maximum Gasteiger partial charge on any atom is 0.307 e. The third kappa shape index (κ3) is 3.68. The zero-order valence-electron chi connectivity index (χ0n) is 18.9. The van der Waals surface area contributed by atoms with Gasteiger partial charge in [0, 0.05) is 5.41 Å². The molecule has 1 aliphatic rings. The number of aromatic hydroxyl groups is 2. The van der Waals surface area contributed by atoms with Gasteiger partial charge in [-0.2, -0.15) is 0 Å². The first-order valence-electron chi connectivity index (χ1n) is 10.7. The number of phenolic OH excluding ortho intramolecular Hbond substituents is 2. The molecule has 4 nitrogen and oxygen atoms in total. The van der Waals surface area contributed by atoms with E-state index in [0.29, 0.717) is 12.8 Å². The van der Waals surface area contributed by atoms with Crippen molar-refractivity contribution >= 4 is 5.97 Å². The first kappa shape index (κ1) is 22.2. The molecule has 0 amide bonds. The summed E-state index contributed by atoms with van der Waals surface area (Å²) in [6.07, 6.45) is 2.13. The minimum Gasteiger partial charge on any atom is -0.508 e. The summed E-state index contributed by atoms with van der Waals surface area (Å²) in [5.74, 6) is -0.907. The Labute approximate surface area is 179 Å². The van der Waals surface area contributed by atoms with Gasteiger partial charge >= 0.3 is 5.97 Å². The van der Waals surface area contributed by atoms with E-state index in [2.05, 4.69) is 0 Å². The molecule has 1 saturated carbocycles. The fraction of sp³-hybridized carbons (Fsp3) is 0.500. The molecular formula is C26H34O4. The van der Waals surface area contributed by atoms with Crippen LogP contribution in [-0.2, 0) is 21.0 Å². The Kier molecular flexibility index (Phi) is 5.43. The average Bonchev–Trinajstić information content (AvgIpc) is 3.06. The molecule has 1 unspecified atom stereocenters. The summed E-state index contributed by atoms with van der Waals surface area (Å²) in [6, 6.07) is 11.1. The quantitative estimate of drug-likeness (QED) is 0.592. The molecule has 0 radical (unpaired) electrons. The van der Waals surface area contributed by atoms with Crippen LogP contribution in [0.1, 0.15) is 83.1 Å². The summed E-state index contributed by atoms with van der Waals surface area (Å²) >= 11 is 0. The van der Waals surface area contributed by atoms with Crippen molar-refractivity contribution in [3.05, 3.63) is 58.7 Å². The van der Waals surface area contributed by atoms with Crippen molar-refractivity contribution in [3.63, 3.8) is 0 Å². The molecule has 0 aromatic heterocycles. The van der Waals surface area contributed by atoms with E-state index in [1.807, 2.05) is 65.8 Å². The topological polar surface area (TPSA) is 77.8 Å². The van der Waals surface area contributed by atoms with E-state index in [-0.39, 0.29) is 22.3 Å². The Balaban J connectivity index is 2.32. The monoisotopic (exact) mass is 410 g/mol. The summed E-state index contributed by atoms with van der Waals surface area (Å²) < 4.78 is 0. The van der Waals surface area contributed by atoms with Crippen LogP contribution in [0.5, 0.6) is 11.5 Å². The van der Waals surface area contributed by atoms with Gasteiger partial charge in [-0.05, 0) is 58.1 Å². The number of phenols is 2. The van der Waals surface area contributed by atoms with Crippen LogP contribution < -0.4 is 0 Å². The van der Waals surface area contributed by atoms with E-state index in [1.54, 1.807) is 12.1 Å². The van der Waals surface area contributed by atoms with Crippen molar-refractivity contribution in [1.82, 2.24) is 0 Å². The fourth-order valence-corrected chi connectivity index (χ4v) is 5.03. The van der Waals surface area contributed by atoms with E-state index >= 15 is 0 Å². The molecule has 2 aromatic rings. The fourth-order valence-electron chi connectivity index (χ4n) is 5.03. The van der Waals surface area contributed by atoms with E-state index in [0.717, 1.165) is 28.7 Å². The van der Waals surface area contributed by atoms with Crippen molar-refractivity contribution in [1.29, 1.82) is 0 Å². The molecule has 0 spiro atoms. The summed E-state index contributed by atoms with van der Waals surface area (Å²) in [5.41, 5.74) is 2.21. The molecule has 4 heteroatoms. The third-order valence-electron chi connectivity index (χ3n) is 6.60. The Morgan fingerprint density at radius 2 is 1.30 bits per heavy atom. The molecule has 2 aromatic carbocycles. The molecule has 0 aliphatic heterocycles. The lowest BCUT2D eigenvalue weighted by molar-refractivity contribution is -0.143. The first-order chi connectivity index (χ1) is 13.8. The molecule has 0 saturated heterocycles. The molecule has 30 heavy (non-hydrogen) atoms. The predicted molar refractivity (Wildman–Crippen MR) is 119 cm³/mol. The van der Waals surface area contributed by atoms with Gasteiger partial charge in [0.15, 0.2) is 0 Å². The van der Waals surface area contributed by atoms with Crippen LogP contribution in [0, 0.1) is 5.92 Å². The SMILES string of the molecule is CC(C)(C)c1cc(C2(c3ccc(O)c(C(C)(C)C)c3)CCCC2C(=O)O)ccc1O. The number of benzene rings is 2. The lowest BCUT2D eigenvalue weighted by Gasteiger charge is -2.37. The third-order valence-corrected chi connectivity index (χ3v) is 6.60. The first-order valence-corrected chi connectivity index (χ1v) is 10.7. The van der Waals surface area contributed by atoms with Gasteiger partial charge in [0.2, 0.25) is 0 Å². The van der Waals surface area contributed by atoms with Crippen molar-refractivity contribution in [3.8, 4) is 11.5 Å². The van der Waals surface area contributed by atoms with Crippen molar-refractivity contribution < 1.29 is 20.1 Å². The number of rotatable bonds is 3. The highest BCUT2D eigenvalue weighted by Crippen LogP contribution is 2.52. The number of hydrogen-bond donors (Lipinski definition) is 3. The van der Waals surface area contributed by atoms with Crippen LogP contribution in [0.4, 0.5) is 0 Å². The second-order valence-corrected chi connectivity index (χ2v) is 10.7. The highest BCUT2D eigenvalue weighted by Gasteiger charge is 2.50. The minimum atomic E-state index is -0.803. The molecule has 162 valence electrons. The Bertz CT molecular complexity index is 896. The number of carboxylic acid groups (broad SMARTS) is 1. The average molecular weight is 411 g/mol. The van der Waals surface area contributed by atoms with Crippen molar-refractivity contribution in [2.24, 2.45) is 5.92 Å². The lowest BCUT2D eigenvalue weighted by atomic mass is 9.65. The molecular weight excluding hydrogens is 376 g/mol. The summed E-state index contributed by atoms with van der Waals surface area (Å²) in [4.78, 5) is 12.4. The molecule has 0 bridgehead atoms. The van der Waals surface area contributed by atoms with Crippen molar-refractivity contribution in [2.75, 3.05) is 0 Å². The molecule has 3 N–H and O–H groups in total. The maximum absolute atomic E-state index is 12.4. The normalized spacial score (nSPS) is 19.1. The van der Waals surface area contributed by atoms with E-state index in [4.69, 9.17) is 0 Å². The maximum atomic E-state index is 12.4. The molecule has 1 atom stereocenters. The summed E-state index contributed by atoms with van der Waals surface area (Å²) in [6.45, 7) is 12.3. The van der Waals surface area contributed by atoms with Gasteiger partial charge in [0.1, 0.15) is 11.5 Å². The van der Waals surface area contributed by atoms with Crippen LogP contribution in [0.2, 0.25) is 0 Å². The number of carboxylic acids is 1. The Hall–Kier alpha value is -2.49. The summed E-state index contributed by atoms with van der Waals surface area (Å²) in [7, 11) is 0. The molecule has 1 fully saturated rings. The standard InChI is InChI=1S/C26H34O4/c1-24(2,3)19-14-16(9-11-21(19)27)26(13-7-8-18(26)23(29)30)17-10-12-22(28)20(15-17)25(4,5)6/h9-12,14-15,18,27-28H,7-8,13H2,1-6H3,(H,29,30). The molecule has 3 rings (SSSR count). The van der Waals surface area contributed by atoms with Gasteiger partial charge in [-0.15, -0.1) is 0 Å². The minimum absolute atomic E-state index is 0.229. The van der Waals surface area contributed by atoms with E-state index < -0.39 is 17.3 Å². The second kappa shape index (κ2) is 7.33. The zero-order chi connectivity index (χ0) is 22.5. The predicted octanol–water partition coefficient (Wildman–Crippen LogP) is 5.86. The van der Waals surface area contributed by atoms with Gasteiger partial charge in [-0.1, -0.05) is 72.2 Å². The van der Waals surface area contributed by atoms with Crippen LogP contribution >= 0.6 is 0 Å². The van der Waals surface area contributed by atoms with Crippen LogP contribution in [0.15, 0.2) is 36.4 Å². The Morgan fingerprint density at radius 3 is 1.67 bits per heavy atom. The second-order valence-electron chi connectivity index (χ2n) is 10.7. The number of carbonyl (C=O) groups is 1. The van der Waals surface area contributed by atoms with Crippen LogP contribution in [-0.4, -0.2) is 21.3 Å². The Morgan fingerprint density at radius 1 is 0.867 bits per heavy atom. The molecule has 0 heterocycles. The van der Waals surface area contributed by atoms with E-state index in [9.17, 15) is 20.1 Å². The highest BCUT2D eigenvalue weighted by molar-refractivity contribution is 5.75. The van der Waals surface area contributed by atoms with Crippen LogP contribution in [0.3, 0.4) is 0 Å². The van der Waals surface area contributed by atoms with Gasteiger partial charge in [-0.3, -0.25) is 4.79 Å². The number of hydrogen-bond acceptors (Lipinski definition) is 3. The van der Waals surface area contributed by atoms with Gasteiger partial charge < -0.3 is 15.3 Å².